The van der Waals surface area contributed by atoms with Crippen LogP contribution in [0.2, 0.25) is 19.6 Å². The van der Waals surface area contributed by atoms with Crippen LogP contribution in [0.4, 0.5) is 0 Å². The summed E-state index contributed by atoms with van der Waals surface area (Å²) in [6, 6.07) is 0. The number of hydrogen-bond donors (Lipinski definition) is 0. The van der Waals surface area contributed by atoms with Crippen LogP contribution in [0.5, 0.6) is 0 Å². The molecule has 0 aromatic heterocycles. The first-order valence-corrected chi connectivity index (χ1v) is 7.43. The fourth-order valence-corrected chi connectivity index (χ4v) is 2.12. The first-order chi connectivity index (χ1) is 4.58. The molecule has 60 valence electrons. The van der Waals surface area contributed by atoms with Crippen LogP contribution in [0.25, 0.3) is 0 Å². The molecule has 0 amide bonds. The molecular weight excluding hydrogens is 142 g/mol. The van der Waals surface area contributed by atoms with Crippen LogP contribution in [-0.2, 0) is 4.53 Å². The third kappa shape index (κ3) is 2.81. The number of nitrogens with zero attached hydrogens (tertiary/aromatic N) is 1. The Balaban J connectivity index is 2.24. The van der Waals surface area contributed by atoms with Crippen LogP contribution in [0.15, 0.2) is 0 Å². The standard InChI is InChI=1S/C7H17NOSi/c1-10(2,3)9-8-6-4-5-7-8/h4-7H2,1-3H3. The Morgan fingerprint density at radius 3 is 2.00 bits per heavy atom. The largest absolute Gasteiger partial charge is 0.343 e. The Bertz CT molecular complexity index is 105. The Kier molecular flexibility index (Phi) is 2.49. The summed E-state index contributed by atoms with van der Waals surface area (Å²) in [6.45, 7) is 8.97. The summed E-state index contributed by atoms with van der Waals surface area (Å²) in [4.78, 5) is 0. The Hall–Kier alpha value is 0.137. The van der Waals surface area contributed by atoms with E-state index in [9.17, 15) is 0 Å². The molecule has 1 fully saturated rings. The second-order valence-corrected chi connectivity index (χ2v) is 8.25. The molecule has 0 aromatic carbocycles. The summed E-state index contributed by atoms with van der Waals surface area (Å²) >= 11 is 0. The summed E-state index contributed by atoms with van der Waals surface area (Å²) in [5.74, 6) is 0. The molecule has 10 heavy (non-hydrogen) atoms. The lowest BCUT2D eigenvalue weighted by atomic mass is 10.4. The van der Waals surface area contributed by atoms with Gasteiger partial charge in [-0.05, 0) is 32.5 Å². The third-order valence-corrected chi connectivity index (χ3v) is 2.27. The van der Waals surface area contributed by atoms with Crippen molar-refractivity contribution >= 4 is 8.32 Å². The lowest BCUT2D eigenvalue weighted by molar-refractivity contribution is -0.0444. The van der Waals surface area contributed by atoms with Gasteiger partial charge in [0.1, 0.15) is 0 Å². The zero-order valence-electron chi connectivity index (χ0n) is 7.18. The van der Waals surface area contributed by atoms with E-state index in [1.54, 1.807) is 0 Å². The maximum atomic E-state index is 5.77. The van der Waals surface area contributed by atoms with Crippen LogP contribution >= 0.6 is 0 Å². The topological polar surface area (TPSA) is 12.5 Å². The molecule has 0 N–H and O–H groups in total. The van der Waals surface area contributed by atoms with Gasteiger partial charge in [0.05, 0.1) is 0 Å². The average molecular weight is 159 g/mol. The van der Waals surface area contributed by atoms with E-state index in [1.165, 1.54) is 12.8 Å². The molecule has 0 aromatic rings. The van der Waals surface area contributed by atoms with Crippen molar-refractivity contribution < 1.29 is 4.53 Å². The minimum absolute atomic E-state index is 1.14. The van der Waals surface area contributed by atoms with Crippen molar-refractivity contribution in [3.05, 3.63) is 0 Å². The zero-order valence-corrected chi connectivity index (χ0v) is 8.18. The second-order valence-electron chi connectivity index (χ2n) is 3.84. The number of rotatable bonds is 2. The molecule has 0 saturated carbocycles. The van der Waals surface area contributed by atoms with Gasteiger partial charge in [-0.1, -0.05) is 0 Å². The van der Waals surface area contributed by atoms with Gasteiger partial charge in [0.2, 0.25) is 8.32 Å². The monoisotopic (exact) mass is 159 g/mol. The highest BCUT2D eigenvalue weighted by Gasteiger charge is 2.21. The lowest BCUT2D eigenvalue weighted by Crippen LogP contribution is -2.35. The van der Waals surface area contributed by atoms with Crippen molar-refractivity contribution in [3.8, 4) is 0 Å². The number of hydroxylamine groups is 2. The Labute approximate surface area is 64.3 Å². The average Bonchev–Trinajstić information content (AvgIpc) is 2.12. The van der Waals surface area contributed by atoms with Gasteiger partial charge in [0.25, 0.3) is 0 Å². The minimum Gasteiger partial charge on any atom is -0.343 e. The predicted octanol–water partition coefficient (Wildman–Crippen LogP) is 1.85. The van der Waals surface area contributed by atoms with E-state index < -0.39 is 8.32 Å². The molecule has 0 spiro atoms. The minimum atomic E-state index is -1.30. The van der Waals surface area contributed by atoms with Crippen LogP contribution in [0.3, 0.4) is 0 Å². The van der Waals surface area contributed by atoms with E-state index in [0.717, 1.165) is 13.1 Å². The summed E-state index contributed by atoms with van der Waals surface area (Å²) in [5, 5.41) is 2.13. The molecule has 0 atom stereocenters. The summed E-state index contributed by atoms with van der Waals surface area (Å²) < 4.78 is 5.77. The summed E-state index contributed by atoms with van der Waals surface area (Å²) in [7, 11) is -1.30. The molecule has 1 rings (SSSR count). The van der Waals surface area contributed by atoms with E-state index in [4.69, 9.17) is 4.53 Å². The Morgan fingerprint density at radius 1 is 1.10 bits per heavy atom. The number of hydrogen-bond acceptors (Lipinski definition) is 2. The fourth-order valence-electron chi connectivity index (χ4n) is 1.17. The molecule has 0 radical (unpaired) electrons. The first kappa shape index (κ1) is 8.24. The van der Waals surface area contributed by atoms with Crippen molar-refractivity contribution in [3.63, 3.8) is 0 Å². The van der Waals surface area contributed by atoms with Crippen LogP contribution in [-0.4, -0.2) is 26.5 Å². The molecule has 2 nitrogen and oxygen atoms in total. The van der Waals surface area contributed by atoms with Crippen molar-refractivity contribution in [2.75, 3.05) is 13.1 Å². The van der Waals surface area contributed by atoms with Crippen molar-refractivity contribution in [1.82, 2.24) is 5.06 Å². The summed E-state index contributed by atoms with van der Waals surface area (Å²) in [6.07, 6.45) is 2.62. The van der Waals surface area contributed by atoms with Crippen molar-refractivity contribution in [1.29, 1.82) is 0 Å². The van der Waals surface area contributed by atoms with E-state index in [0.29, 0.717) is 0 Å². The van der Waals surface area contributed by atoms with Crippen LogP contribution < -0.4 is 0 Å². The normalized spacial score (nSPS) is 21.9. The highest BCUT2D eigenvalue weighted by Crippen LogP contribution is 2.13. The van der Waals surface area contributed by atoms with Gasteiger partial charge in [-0.15, -0.1) is 0 Å². The van der Waals surface area contributed by atoms with Gasteiger partial charge in [-0.2, -0.15) is 0 Å². The third-order valence-electron chi connectivity index (χ3n) is 1.47. The van der Waals surface area contributed by atoms with Gasteiger partial charge in [-0.3, -0.25) is 0 Å². The van der Waals surface area contributed by atoms with E-state index in [-0.39, 0.29) is 0 Å². The maximum absolute atomic E-state index is 5.77. The molecule has 1 heterocycles. The molecule has 1 aliphatic heterocycles. The van der Waals surface area contributed by atoms with Gasteiger partial charge in [-0.25, -0.2) is 5.06 Å². The van der Waals surface area contributed by atoms with Crippen LogP contribution in [0, 0.1) is 0 Å². The van der Waals surface area contributed by atoms with Gasteiger partial charge >= 0.3 is 0 Å². The molecule has 0 unspecified atom stereocenters. The van der Waals surface area contributed by atoms with E-state index in [2.05, 4.69) is 24.7 Å². The van der Waals surface area contributed by atoms with Crippen LogP contribution in [0.1, 0.15) is 12.8 Å². The molecule has 1 saturated heterocycles. The predicted molar refractivity (Wildman–Crippen MR) is 45.2 cm³/mol. The zero-order chi connectivity index (χ0) is 7.61. The highest BCUT2D eigenvalue weighted by atomic mass is 28.4. The van der Waals surface area contributed by atoms with Gasteiger partial charge in [0.15, 0.2) is 0 Å². The Morgan fingerprint density at radius 2 is 1.60 bits per heavy atom. The van der Waals surface area contributed by atoms with E-state index in [1.807, 2.05) is 0 Å². The smallest absolute Gasteiger partial charge is 0.212 e. The quantitative estimate of drug-likeness (QED) is 0.570. The SMILES string of the molecule is C[Si](C)(C)ON1CCCC1. The first-order valence-electron chi connectivity index (χ1n) is 4.02. The van der Waals surface area contributed by atoms with Crippen molar-refractivity contribution in [2.45, 2.75) is 32.5 Å². The molecule has 3 heteroatoms. The summed E-state index contributed by atoms with van der Waals surface area (Å²) in [5.41, 5.74) is 0. The molecular formula is C7H17NOSi. The fraction of sp³-hybridized carbons (Fsp3) is 1.00. The van der Waals surface area contributed by atoms with E-state index >= 15 is 0 Å². The maximum Gasteiger partial charge on any atom is 0.212 e. The lowest BCUT2D eigenvalue weighted by Gasteiger charge is -2.24. The molecule has 1 aliphatic rings. The molecule has 0 aliphatic carbocycles. The van der Waals surface area contributed by atoms with Gasteiger partial charge < -0.3 is 4.53 Å². The van der Waals surface area contributed by atoms with Gasteiger partial charge in [0, 0.05) is 13.1 Å². The van der Waals surface area contributed by atoms with Crippen molar-refractivity contribution in [2.24, 2.45) is 0 Å². The second kappa shape index (κ2) is 3.03. The highest BCUT2D eigenvalue weighted by molar-refractivity contribution is 6.69. The molecule has 0 bridgehead atoms.